The Balaban J connectivity index is 1.62. The molecule has 1 N–H and O–H groups in total. The summed E-state index contributed by atoms with van der Waals surface area (Å²) in [5.41, 5.74) is 1.71. The lowest BCUT2D eigenvalue weighted by atomic mass is 10.0. The van der Waals surface area contributed by atoms with E-state index < -0.39 is 11.0 Å². The van der Waals surface area contributed by atoms with E-state index in [2.05, 4.69) is 21.2 Å². The Hall–Kier alpha value is -2.94. The van der Waals surface area contributed by atoms with Crippen molar-refractivity contribution in [1.29, 1.82) is 0 Å². The van der Waals surface area contributed by atoms with Gasteiger partial charge in [0.25, 0.3) is 5.69 Å². The third-order valence-corrected chi connectivity index (χ3v) is 5.60. The number of carbonyl (C=O) groups is 2. The average Bonchev–Trinajstić information content (AvgIpc) is 2.73. The van der Waals surface area contributed by atoms with Crippen LogP contribution in [-0.4, -0.2) is 47.8 Å². The molecule has 2 amide bonds. The number of halogens is 1. The average molecular weight is 475 g/mol. The summed E-state index contributed by atoms with van der Waals surface area (Å²) >= 11 is 3.39. The summed E-state index contributed by atoms with van der Waals surface area (Å²) in [5.74, 6) is -0.221. The van der Waals surface area contributed by atoms with Crippen LogP contribution in [-0.2, 0) is 9.59 Å². The molecule has 1 saturated heterocycles. The van der Waals surface area contributed by atoms with Gasteiger partial charge in [-0.15, -0.1) is 0 Å². The van der Waals surface area contributed by atoms with Crippen molar-refractivity contribution in [3.05, 3.63) is 68.7 Å². The molecule has 0 saturated carbocycles. The zero-order valence-electron chi connectivity index (χ0n) is 16.6. The number of benzene rings is 2. The molecule has 3 rings (SSSR count). The largest absolute Gasteiger partial charge is 0.368 e. The van der Waals surface area contributed by atoms with Gasteiger partial charge >= 0.3 is 0 Å². The highest BCUT2D eigenvalue weighted by Gasteiger charge is 2.25. The Bertz CT molecular complexity index is 927. The van der Waals surface area contributed by atoms with Crippen LogP contribution in [0.4, 0.5) is 11.4 Å². The molecule has 1 atom stereocenters. The maximum Gasteiger partial charge on any atom is 0.271 e. The standard InChI is InChI=1S/C21H23BrN4O4/c1-15(27)23-20(16-5-7-17(22)8-6-16)14-21(28)25-11-9-24(10-12-25)18-3-2-4-19(13-18)26(29)30/h2-8,13,20H,9-12,14H2,1H3,(H,23,27). The van der Waals surface area contributed by atoms with Gasteiger partial charge in [-0.2, -0.15) is 0 Å². The van der Waals surface area contributed by atoms with Gasteiger partial charge < -0.3 is 15.1 Å². The SMILES string of the molecule is CC(=O)NC(CC(=O)N1CCN(c2cccc([N+](=O)[O-])c2)CC1)c1ccc(Br)cc1. The lowest BCUT2D eigenvalue weighted by Gasteiger charge is -2.36. The highest BCUT2D eigenvalue weighted by molar-refractivity contribution is 9.10. The molecule has 1 unspecified atom stereocenters. The van der Waals surface area contributed by atoms with Gasteiger partial charge in [-0.25, -0.2) is 0 Å². The fourth-order valence-electron chi connectivity index (χ4n) is 3.51. The summed E-state index contributed by atoms with van der Waals surface area (Å²) in [6, 6.07) is 13.7. The van der Waals surface area contributed by atoms with Crippen molar-refractivity contribution in [3.8, 4) is 0 Å². The summed E-state index contributed by atoms with van der Waals surface area (Å²) in [6.07, 6.45) is 0.179. The van der Waals surface area contributed by atoms with Gasteiger partial charge in [0.05, 0.1) is 17.4 Å². The van der Waals surface area contributed by atoms with Crippen LogP contribution in [0.1, 0.15) is 24.9 Å². The first kappa shape index (κ1) is 21.8. The lowest BCUT2D eigenvalue weighted by Crippen LogP contribution is -2.49. The third-order valence-electron chi connectivity index (χ3n) is 5.07. The number of anilines is 1. The molecule has 30 heavy (non-hydrogen) atoms. The van der Waals surface area contributed by atoms with E-state index in [1.165, 1.54) is 13.0 Å². The van der Waals surface area contributed by atoms with Gasteiger partial charge in [0, 0.05) is 55.4 Å². The van der Waals surface area contributed by atoms with E-state index in [0.717, 1.165) is 15.7 Å². The highest BCUT2D eigenvalue weighted by atomic mass is 79.9. The van der Waals surface area contributed by atoms with E-state index in [4.69, 9.17) is 0 Å². The van der Waals surface area contributed by atoms with Crippen LogP contribution >= 0.6 is 15.9 Å². The minimum atomic E-state index is -0.409. The number of piperazine rings is 1. The van der Waals surface area contributed by atoms with Crippen LogP contribution in [0.15, 0.2) is 53.0 Å². The summed E-state index contributed by atoms with van der Waals surface area (Å²) in [6.45, 7) is 3.67. The Morgan fingerprint density at radius 1 is 1.13 bits per heavy atom. The van der Waals surface area contributed by atoms with Gasteiger partial charge in [-0.1, -0.05) is 34.1 Å². The predicted molar refractivity (Wildman–Crippen MR) is 117 cm³/mol. The van der Waals surface area contributed by atoms with Crippen LogP contribution < -0.4 is 10.2 Å². The topological polar surface area (TPSA) is 95.8 Å². The first-order valence-electron chi connectivity index (χ1n) is 9.63. The second-order valence-electron chi connectivity index (χ2n) is 7.15. The van der Waals surface area contributed by atoms with Crippen molar-refractivity contribution < 1.29 is 14.5 Å². The number of carbonyl (C=O) groups excluding carboxylic acids is 2. The number of amides is 2. The molecule has 1 heterocycles. The zero-order valence-corrected chi connectivity index (χ0v) is 18.2. The first-order chi connectivity index (χ1) is 14.3. The number of non-ortho nitro benzene ring substituents is 1. The van der Waals surface area contributed by atoms with E-state index in [-0.39, 0.29) is 23.9 Å². The Labute approximate surface area is 183 Å². The zero-order chi connectivity index (χ0) is 21.7. The van der Waals surface area contributed by atoms with Crippen LogP contribution in [0.3, 0.4) is 0 Å². The minimum Gasteiger partial charge on any atom is -0.368 e. The number of nitro benzene ring substituents is 1. The molecule has 158 valence electrons. The van der Waals surface area contributed by atoms with Crippen molar-refractivity contribution in [3.63, 3.8) is 0 Å². The van der Waals surface area contributed by atoms with Crippen LogP contribution in [0.25, 0.3) is 0 Å². The maximum absolute atomic E-state index is 12.9. The van der Waals surface area contributed by atoms with Crippen molar-refractivity contribution in [2.75, 3.05) is 31.1 Å². The first-order valence-corrected chi connectivity index (χ1v) is 10.4. The number of nitro groups is 1. The number of nitrogens with zero attached hydrogens (tertiary/aromatic N) is 3. The maximum atomic E-state index is 12.9. The van der Waals surface area contributed by atoms with Crippen LogP contribution in [0.5, 0.6) is 0 Å². The van der Waals surface area contributed by atoms with Crippen molar-refractivity contribution in [2.24, 2.45) is 0 Å². The number of hydrogen-bond acceptors (Lipinski definition) is 5. The molecule has 1 aliphatic rings. The van der Waals surface area contributed by atoms with E-state index >= 15 is 0 Å². The van der Waals surface area contributed by atoms with Gasteiger partial charge in [0.2, 0.25) is 11.8 Å². The number of nitrogens with one attached hydrogen (secondary N) is 1. The van der Waals surface area contributed by atoms with Gasteiger partial charge in [0.15, 0.2) is 0 Å². The molecule has 1 aliphatic heterocycles. The number of hydrogen-bond donors (Lipinski definition) is 1. The van der Waals surface area contributed by atoms with Gasteiger partial charge in [-0.05, 0) is 23.8 Å². The molecule has 2 aromatic rings. The molecule has 8 nitrogen and oxygen atoms in total. The molecule has 0 aliphatic carbocycles. The van der Waals surface area contributed by atoms with Crippen molar-refractivity contribution in [2.45, 2.75) is 19.4 Å². The lowest BCUT2D eigenvalue weighted by molar-refractivity contribution is -0.384. The summed E-state index contributed by atoms with van der Waals surface area (Å²) in [5, 5.41) is 13.9. The molecule has 2 aromatic carbocycles. The van der Waals surface area contributed by atoms with Crippen LogP contribution in [0.2, 0.25) is 0 Å². The smallest absolute Gasteiger partial charge is 0.271 e. The van der Waals surface area contributed by atoms with Crippen molar-refractivity contribution >= 4 is 39.1 Å². The van der Waals surface area contributed by atoms with Gasteiger partial charge in [-0.3, -0.25) is 19.7 Å². The van der Waals surface area contributed by atoms with E-state index in [9.17, 15) is 19.7 Å². The fraction of sp³-hybridized carbons (Fsp3) is 0.333. The Morgan fingerprint density at radius 2 is 1.80 bits per heavy atom. The summed E-state index contributed by atoms with van der Waals surface area (Å²) < 4.78 is 0.927. The molecule has 9 heteroatoms. The molecular weight excluding hydrogens is 452 g/mol. The molecular formula is C21H23BrN4O4. The third kappa shape index (κ3) is 5.56. The van der Waals surface area contributed by atoms with Gasteiger partial charge in [0.1, 0.15) is 0 Å². The second kappa shape index (κ2) is 9.71. The van der Waals surface area contributed by atoms with E-state index in [0.29, 0.717) is 26.2 Å². The molecule has 1 fully saturated rings. The molecule has 0 aromatic heterocycles. The Morgan fingerprint density at radius 3 is 2.40 bits per heavy atom. The van der Waals surface area contributed by atoms with E-state index in [1.807, 2.05) is 35.2 Å². The predicted octanol–water partition coefficient (Wildman–Crippen LogP) is 3.27. The fourth-order valence-corrected chi connectivity index (χ4v) is 3.78. The molecule has 0 bridgehead atoms. The molecule has 0 radical (unpaired) electrons. The molecule has 0 spiro atoms. The Kier molecular flexibility index (Phi) is 7.04. The summed E-state index contributed by atoms with van der Waals surface area (Å²) in [7, 11) is 0. The van der Waals surface area contributed by atoms with Crippen molar-refractivity contribution in [1.82, 2.24) is 10.2 Å². The monoisotopic (exact) mass is 474 g/mol. The number of rotatable bonds is 6. The second-order valence-corrected chi connectivity index (χ2v) is 8.07. The highest BCUT2D eigenvalue weighted by Crippen LogP contribution is 2.24. The normalized spacial score (nSPS) is 14.9. The summed E-state index contributed by atoms with van der Waals surface area (Å²) in [4.78, 5) is 38.9. The van der Waals surface area contributed by atoms with Crippen LogP contribution in [0, 0.1) is 10.1 Å². The van der Waals surface area contributed by atoms with E-state index in [1.54, 1.807) is 17.0 Å². The quantitative estimate of drug-likeness (QED) is 0.511. The minimum absolute atomic E-state index is 0.0321.